The van der Waals surface area contributed by atoms with Crippen LogP contribution in [-0.4, -0.2) is 75.2 Å². The summed E-state index contributed by atoms with van der Waals surface area (Å²) >= 11 is 0. The third kappa shape index (κ3) is 10.7. The van der Waals surface area contributed by atoms with E-state index in [1.807, 2.05) is 7.05 Å². The monoisotopic (exact) mass is 453 g/mol. The predicted octanol–water partition coefficient (Wildman–Crippen LogP) is 2.48. The molecule has 1 aliphatic heterocycles. The molecule has 0 bridgehead atoms. The lowest BCUT2D eigenvalue weighted by molar-refractivity contribution is 0.124. The number of nitrogens with one attached hydrogen (secondary N) is 2. The second kappa shape index (κ2) is 14.1. The molecule has 1 saturated heterocycles. The topological polar surface area (TPSA) is 42.9 Å². The van der Waals surface area contributed by atoms with Crippen molar-refractivity contribution in [1.82, 2.24) is 20.4 Å². The zero-order valence-electron chi connectivity index (χ0n) is 16.5. The van der Waals surface area contributed by atoms with Gasteiger partial charge in [-0.15, -0.1) is 24.0 Å². The number of nitrogens with zero attached hydrogens (tertiary/aromatic N) is 3. The summed E-state index contributed by atoms with van der Waals surface area (Å²) in [4.78, 5) is 9.44. The maximum Gasteiger partial charge on any atom is 0.190 e. The molecule has 1 heterocycles. The minimum Gasteiger partial charge on any atom is -0.356 e. The normalized spacial score (nSPS) is 18.3. The maximum absolute atomic E-state index is 4.32. The summed E-state index contributed by atoms with van der Waals surface area (Å²) < 4.78 is 0. The van der Waals surface area contributed by atoms with Gasteiger partial charge < -0.3 is 20.4 Å². The SMILES string of the molecule is CCN1CCN(CC(C)CNC(=NC)NCCCC(C)C)CC1.I. The molecule has 1 aliphatic rings. The molecule has 6 heteroatoms. The van der Waals surface area contributed by atoms with Crippen molar-refractivity contribution in [3.05, 3.63) is 0 Å². The van der Waals surface area contributed by atoms with Gasteiger partial charge in [-0.3, -0.25) is 4.99 Å². The van der Waals surface area contributed by atoms with Crippen LogP contribution >= 0.6 is 24.0 Å². The fourth-order valence-corrected chi connectivity index (χ4v) is 3.00. The van der Waals surface area contributed by atoms with E-state index in [0.717, 1.165) is 25.0 Å². The van der Waals surface area contributed by atoms with Gasteiger partial charge in [0, 0.05) is 52.9 Å². The summed E-state index contributed by atoms with van der Waals surface area (Å²) in [5.74, 6) is 2.36. The van der Waals surface area contributed by atoms with Crippen molar-refractivity contribution in [2.45, 2.75) is 40.5 Å². The van der Waals surface area contributed by atoms with Crippen LogP contribution < -0.4 is 10.6 Å². The highest BCUT2D eigenvalue weighted by atomic mass is 127. The van der Waals surface area contributed by atoms with Gasteiger partial charge in [-0.25, -0.2) is 0 Å². The largest absolute Gasteiger partial charge is 0.356 e. The minimum absolute atomic E-state index is 0. The van der Waals surface area contributed by atoms with Gasteiger partial charge in [0.15, 0.2) is 5.96 Å². The van der Waals surface area contributed by atoms with Crippen LogP contribution in [0.25, 0.3) is 0 Å². The molecule has 2 N–H and O–H groups in total. The van der Waals surface area contributed by atoms with E-state index in [1.165, 1.54) is 52.1 Å². The predicted molar refractivity (Wildman–Crippen MR) is 117 cm³/mol. The highest BCUT2D eigenvalue weighted by Crippen LogP contribution is 2.05. The molecule has 0 amide bonds. The van der Waals surface area contributed by atoms with E-state index < -0.39 is 0 Å². The zero-order valence-corrected chi connectivity index (χ0v) is 18.8. The van der Waals surface area contributed by atoms with Gasteiger partial charge in [0.05, 0.1) is 0 Å². The average Bonchev–Trinajstić information content (AvgIpc) is 2.54. The van der Waals surface area contributed by atoms with Crippen LogP contribution in [0, 0.1) is 11.8 Å². The van der Waals surface area contributed by atoms with Crippen molar-refractivity contribution >= 4 is 29.9 Å². The summed E-state index contributed by atoms with van der Waals surface area (Å²) in [6, 6.07) is 0. The molecule has 0 radical (unpaired) electrons. The Morgan fingerprint density at radius 1 is 1.04 bits per heavy atom. The summed E-state index contributed by atoms with van der Waals surface area (Å²) in [5, 5.41) is 6.88. The fraction of sp³-hybridized carbons (Fsp3) is 0.944. The van der Waals surface area contributed by atoms with Crippen LogP contribution in [0.15, 0.2) is 4.99 Å². The zero-order chi connectivity index (χ0) is 17.1. The summed E-state index contributed by atoms with van der Waals surface area (Å²) in [5.41, 5.74) is 0. The number of likely N-dealkylation sites (N-methyl/N-ethyl adjacent to an activating group) is 1. The molecule has 0 spiro atoms. The Morgan fingerprint density at radius 3 is 2.21 bits per heavy atom. The van der Waals surface area contributed by atoms with Gasteiger partial charge >= 0.3 is 0 Å². The Labute approximate surface area is 167 Å². The van der Waals surface area contributed by atoms with Crippen molar-refractivity contribution in [1.29, 1.82) is 0 Å². The van der Waals surface area contributed by atoms with E-state index in [1.54, 1.807) is 0 Å². The van der Waals surface area contributed by atoms with Crippen LogP contribution in [0.3, 0.4) is 0 Å². The molecule has 0 aromatic rings. The molecule has 0 aliphatic carbocycles. The number of halogens is 1. The first-order valence-corrected chi connectivity index (χ1v) is 9.44. The number of hydrogen-bond donors (Lipinski definition) is 2. The van der Waals surface area contributed by atoms with Crippen molar-refractivity contribution in [3.8, 4) is 0 Å². The third-order valence-corrected chi connectivity index (χ3v) is 4.57. The summed E-state index contributed by atoms with van der Waals surface area (Å²) in [6.07, 6.45) is 2.47. The van der Waals surface area contributed by atoms with Crippen molar-refractivity contribution in [2.75, 3.05) is 59.4 Å². The van der Waals surface area contributed by atoms with E-state index in [0.29, 0.717) is 5.92 Å². The first-order valence-electron chi connectivity index (χ1n) is 9.44. The van der Waals surface area contributed by atoms with Gasteiger partial charge in [0.2, 0.25) is 0 Å². The van der Waals surface area contributed by atoms with Crippen LogP contribution in [-0.2, 0) is 0 Å². The highest BCUT2D eigenvalue weighted by molar-refractivity contribution is 14.0. The van der Waals surface area contributed by atoms with E-state index in [-0.39, 0.29) is 24.0 Å². The lowest BCUT2D eigenvalue weighted by atomic mass is 10.1. The number of hydrogen-bond acceptors (Lipinski definition) is 3. The fourth-order valence-electron chi connectivity index (χ4n) is 3.00. The third-order valence-electron chi connectivity index (χ3n) is 4.57. The van der Waals surface area contributed by atoms with Gasteiger partial charge in [-0.05, 0) is 31.2 Å². The highest BCUT2D eigenvalue weighted by Gasteiger charge is 2.17. The molecule has 0 saturated carbocycles. The van der Waals surface area contributed by atoms with Crippen molar-refractivity contribution in [2.24, 2.45) is 16.8 Å². The van der Waals surface area contributed by atoms with Gasteiger partial charge in [0.1, 0.15) is 0 Å². The van der Waals surface area contributed by atoms with E-state index >= 15 is 0 Å². The Hall–Kier alpha value is -0.0800. The van der Waals surface area contributed by atoms with E-state index in [4.69, 9.17) is 0 Å². The quantitative estimate of drug-likeness (QED) is 0.244. The van der Waals surface area contributed by atoms with Crippen LogP contribution in [0.2, 0.25) is 0 Å². The van der Waals surface area contributed by atoms with Crippen molar-refractivity contribution in [3.63, 3.8) is 0 Å². The Morgan fingerprint density at radius 2 is 1.67 bits per heavy atom. The standard InChI is InChI=1S/C18H39N5.HI/c1-6-22-10-12-23(13-11-22)15-17(4)14-21-18(19-5)20-9-7-8-16(2)3;/h16-17H,6-15H2,1-5H3,(H2,19,20,21);1H. The van der Waals surface area contributed by atoms with Gasteiger partial charge in [-0.1, -0.05) is 27.7 Å². The molecule has 5 nitrogen and oxygen atoms in total. The second-order valence-electron chi connectivity index (χ2n) is 7.26. The molecule has 1 rings (SSSR count). The van der Waals surface area contributed by atoms with Crippen molar-refractivity contribution < 1.29 is 0 Å². The van der Waals surface area contributed by atoms with Crippen LogP contribution in [0.4, 0.5) is 0 Å². The first kappa shape index (κ1) is 23.9. The molecule has 24 heavy (non-hydrogen) atoms. The lowest BCUT2D eigenvalue weighted by Gasteiger charge is -2.35. The summed E-state index contributed by atoms with van der Waals surface area (Å²) in [7, 11) is 1.85. The molecular formula is C18H40IN5. The smallest absolute Gasteiger partial charge is 0.190 e. The van der Waals surface area contributed by atoms with Crippen LogP contribution in [0.1, 0.15) is 40.5 Å². The Bertz CT molecular complexity index is 327. The Balaban J connectivity index is 0.00000529. The molecule has 1 unspecified atom stereocenters. The lowest BCUT2D eigenvalue weighted by Crippen LogP contribution is -2.48. The molecule has 144 valence electrons. The number of rotatable bonds is 9. The molecule has 1 atom stereocenters. The average molecular weight is 453 g/mol. The minimum atomic E-state index is 0. The Kier molecular flexibility index (Phi) is 14.1. The summed E-state index contributed by atoms with van der Waals surface area (Å²) in [6.45, 7) is 18.3. The first-order chi connectivity index (χ1) is 11.0. The van der Waals surface area contributed by atoms with Gasteiger partial charge in [-0.2, -0.15) is 0 Å². The molecular weight excluding hydrogens is 413 g/mol. The maximum atomic E-state index is 4.32. The number of piperazine rings is 1. The second-order valence-corrected chi connectivity index (χ2v) is 7.26. The molecule has 1 fully saturated rings. The number of guanidine groups is 1. The molecule has 0 aromatic carbocycles. The molecule has 0 aromatic heterocycles. The van der Waals surface area contributed by atoms with E-state index in [2.05, 4.69) is 53.1 Å². The van der Waals surface area contributed by atoms with E-state index in [9.17, 15) is 0 Å². The van der Waals surface area contributed by atoms with Gasteiger partial charge in [0.25, 0.3) is 0 Å². The number of aliphatic imine (C=N–C) groups is 1. The van der Waals surface area contributed by atoms with Crippen LogP contribution in [0.5, 0.6) is 0 Å².